The molecule has 1 aliphatic heterocycles. The number of piperidine rings is 1. The van der Waals surface area contributed by atoms with Gasteiger partial charge in [-0.3, -0.25) is 0 Å². The largest absolute Gasteiger partial charge is 0.330 e. The highest BCUT2D eigenvalue weighted by Gasteiger charge is 2.35. The molecule has 1 aliphatic carbocycles. The van der Waals surface area contributed by atoms with Crippen LogP contribution in [0.15, 0.2) is 0 Å². The molecule has 1 saturated carbocycles. The maximum Gasteiger partial charge on any atom is 0.0124 e. The molecule has 0 radical (unpaired) electrons. The third kappa shape index (κ3) is 1.96. The van der Waals surface area contributed by atoms with Gasteiger partial charge >= 0.3 is 0 Å². The highest BCUT2D eigenvalue weighted by molar-refractivity contribution is 4.89. The first-order valence-corrected chi connectivity index (χ1v) is 6.23. The standard InChI is InChI=1S/C12H24N2/c1-14-8-7-10(9-13)11-5-3-2-4-6-12(11)14/h10-12H,2-9,13H2,1H3. The lowest BCUT2D eigenvalue weighted by molar-refractivity contribution is 0.0670. The van der Waals surface area contributed by atoms with Gasteiger partial charge in [-0.15, -0.1) is 0 Å². The van der Waals surface area contributed by atoms with E-state index in [4.69, 9.17) is 5.73 Å². The molecular formula is C12H24N2. The van der Waals surface area contributed by atoms with Crippen molar-refractivity contribution >= 4 is 0 Å². The Balaban J connectivity index is 2.07. The van der Waals surface area contributed by atoms with Gasteiger partial charge in [-0.05, 0) is 51.2 Å². The predicted molar refractivity (Wildman–Crippen MR) is 60.2 cm³/mol. The van der Waals surface area contributed by atoms with Crippen LogP contribution in [0.2, 0.25) is 0 Å². The van der Waals surface area contributed by atoms with Gasteiger partial charge in [0.25, 0.3) is 0 Å². The van der Waals surface area contributed by atoms with Gasteiger partial charge in [0, 0.05) is 6.04 Å². The first-order valence-electron chi connectivity index (χ1n) is 6.23. The molecule has 2 heteroatoms. The average molecular weight is 196 g/mol. The van der Waals surface area contributed by atoms with E-state index >= 15 is 0 Å². The van der Waals surface area contributed by atoms with Gasteiger partial charge < -0.3 is 10.6 Å². The molecule has 0 aromatic carbocycles. The average Bonchev–Trinajstić information content (AvgIpc) is 2.44. The van der Waals surface area contributed by atoms with Crippen LogP contribution in [0.25, 0.3) is 0 Å². The molecule has 2 N–H and O–H groups in total. The van der Waals surface area contributed by atoms with Crippen LogP contribution in [-0.2, 0) is 0 Å². The fraction of sp³-hybridized carbons (Fsp3) is 1.00. The molecule has 0 bridgehead atoms. The van der Waals surface area contributed by atoms with Crippen molar-refractivity contribution in [2.45, 2.75) is 44.6 Å². The minimum Gasteiger partial charge on any atom is -0.330 e. The van der Waals surface area contributed by atoms with E-state index in [1.165, 1.54) is 45.1 Å². The van der Waals surface area contributed by atoms with Gasteiger partial charge in [-0.25, -0.2) is 0 Å². The SMILES string of the molecule is CN1CCC(CN)C2CCCCCC21. The summed E-state index contributed by atoms with van der Waals surface area (Å²) in [7, 11) is 2.30. The lowest BCUT2D eigenvalue weighted by Gasteiger charge is -2.43. The fourth-order valence-corrected chi connectivity index (χ4v) is 3.46. The lowest BCUT2D eigenvalue weighted by Crippen LogP contribution is -2.48. The maximum atomic E-state index is 5.89. The molecule has 0 aromatic heterocycles. The summed E-state index contributed by atoms with van der Waals surface area (Å²) in [6.07, 6.45) is 8.48. The number of fused-ring (bicyclic) bond motifs is 1. The van der Waals surface area contributed by atoms with Crippen LogP contribution >= 0.6 is 0 Å². The predicted octanol–water partition coefficient (Wildman–Crippen LogP) is 1.85. The molecule has 3 unspecified atom stereocenters. The van der Waals surface area contributed by atoms with E-state index < -0.39 is 0 Å². The maximum absolute atomic E-state index is 5.89. The molecule has 14 heavy (non-hydrogen) atoms. The molecule has 2 fully saturated rings. The van der Waals surface area contributed by atoms with Gasteiger partial charge in [0.2, 0.25) is 0 Å². The minimum absolute atomic E-state index is 0.814. The number of hydrogen-bond acceptors (Lipinski definition) is 2. The van der Waals surface area contributed by atoms with Crippen LogP contribution in [0.4, 0.5) is 0 Å². The molecule has 1 heterocycles. The Labute approximate surface area is 87.8 Å². The summed E-state index contributed by atoms with van der Waals surface area (Å²) in [6.45, 7) is 2.18. The molecule has 2 nitrogen and oxygen atoms in total. The molecule has 0 aromatic rings. The summed E-state index contributed by atoms with van der Waals surface area (Å²) < 4.78 is 0. The Bertz CT molecular complexity index is 181. The van der Waals surface area contributed by atoms with Crippen molar-refractivity contribution in [2.75, 3.05) is 20.1 Å². The topological polar surface area (TPSA) is 29.3 Å². The molecule has 2 aliphatic rings. The fourth-order valence-electron chi connectivity index (χ4n) is 3.46. The number of nitrogens with two attached hydrogens (primary N) is 1. The van der Waals surface area contributed by atoms with Crippen LogP contribution in [0.1, 0.15) is 38.5 Å². The second kappa shape index (κ2) is 4.63. The second-order valence-electron chi connectivity index (χ2n) is 5.13. The quantitative estimate of drug-likeness (QED) is 0.693. The summed E-state index contributed by atoms with van der Waals surface area (Å²) >= 11 is 0. The number of likely N-dealkylation sites (tertiary alicyclic amines) is 1. The number of hydrogen-bond donors (Lipinski definition) is 1. The number of nitrogens with zero attached hydrogens (tertiary/aromatic N) is 1. The van der Waals surface area contributed by atoms with E-state index in [0.717, 1.165) is 24.4 Å². The van der Waals surface area contributed by atoms with Crippen molar-refractivity contribution < 1.29 is 0 Å². The zero-order chi connectivity index (χ0) is 9.97. The first kappa shape index (κ1) is 10.4. The molecule has 0 spiro atoms. The summed E-state index contributed by atoms with van der Waals surface area (Å²) in [5.74, 6) is 1.72. The minimum atomic E-state index is 0.814. The molecular weight excluding hydrogens is 172 g/mol. The molecule has 3 atom stereocenters. The van der Waals surface area contributed by atoms with Crippen LogP contribution < -0.4 is 5.73 Å². The smallest absolute Gasteiger partial charge is 0.0124 e. The van der Waals surface area contributed by atoms with Crippen LogP contribution in [0.3, 0.4) is 0 Å². The van der Waals surface area contributed by atoms with E-state index in [2.05, 4.69) is 11.9 Å². The zero-order valence-corrected chi connectivity index (χ0v) is 9.41. The molecule has 0 amide bonds. The van der Waals surface area contributed by atoms with Gasteiger partial charge in [0.15, 0.2) is 0 Å². The second-order valence-corrected chi connectivity index (χ2v) is 5.13. The first-order chi connectivity index (χ1) is 6.83. The van der Waals surface area contributed by atoms with Crippen molar-refractivity contribution in [1.82, 2.24) is 4.90 Å². The highest BCUT2D eigenvalue weighted by atomic mass is 15.1. The Morgan fingerprint density at radius 3 is 2.71 bits per heavy atom. The summed E-state index contributed by atoms with van der Waals surface area (Å²) in [5, 5.41) is 0. The van der Waals surface area contributed by atoms with Crippen molar-refractivity contribution in [3.63, 3.8) is 0 Å². The van der Waals surface area contributed by atoms with E-state index in [1.54, 1.807) is 0 Å². The summed E-state index contributed by atoms with van der Waals surface area (Å²) in [4.78, 5) is 2.59. The van der Waals surface area contributed by atoms with Gasteiger partial charge in [-0.2, -0.15) is 0 Å². The van der Waals surface area contributed by atoms with Gasteiger partial charge in [-0.1, -0.05) is 19.3 Å². The van der Waals surface area contributed by atoms with Crippen LogP contribution in [-0.4, -0.2) is 31.1 Å². The number of rotatable bonds is 1. The van der Waals surface area contributed by atoms with Gasteiger partial charge in [0.05, 0.1) is 0 Å². The normalized spacial score (nSPS) is 40.3. The van der Waals surface area contributed by atoms with Crippen LogP contribution in [0.5, 0.6) is 0 Å². The van der Waals surface area contributed by atoms with E-state index in [-0.39, 0.29) is 0 Å². The third-order valence-electron chi connectivity index (χ3n) is 4.36. The van der Waals surface area contributed by atoms with E-state index in [9.17, 15) is 0 Å². The van der Waals surface area contributed by atoms with Crippen molar-refractivity contribution in [2.24, 2.45) is 17.6 Å². The molecule has 2 rings (SSSR count). The van der Waals surface area contributed by atoms with Crippen LogP contribution in [0, 0.1) is 11.8 Å². The lowest BCUT2D eigenvalue weighted by atomic mass is 9.77. The Hall–Kier alpha value is -0.0800. The van der Waals surface area contributed by atoms with Crippen molar-refractivity contribution in [3.05, 3.63) is 0 Å². The Morgan fingerprint density at radius 2 is 1.93 bits per heavy atom. The van der Waals surface area contributed by atoms with E-state index in [0.29, 0.717) is 0 Å². The monoisotopic (exact) mass is 196 g/mol. The Morgan fingerprint density at radius 1 is 1.14 bits per heavy atom. The third-order valence-corrected chi connectivity index (χ3v) is 4.36. The Kier molecular flexibility index (Phi) is 3.45. The molecule has 82 valence electrons. The van der Waals surface area contributed by atoms with E-state index in [1.807, 2.05) is 0 Å². The van der Waals surface area contributed by atoms with Gasteiger partial charge in [0.1, 0.15) is 0 Å². The summed E-state index contributed by atoms with van der Waals surface area (Å²) in [5.41, 5.74) is 5.89. The zero-order valence-electron chi connectivity index (χ0n) is 9.41. The van der Waals surface area contributed by atoms with Crippen molar-refractivity contribution in [3.8, 4) is 0 Å². The highest BCUT2D eigenvalue weighted by Crippen LogP contribution is 2.36. The summed E-state index contributed by atoms with van der Waals surface area (Å²) in [6, 6.07) is 0.847. The molecule has 1 saturated heterocycles. The van der Waals surface area contributed by atoms with Crippen molar-refractivity contribution in [1.29, 1.82) is 0 Å².